The van der Waals surface area contributed by atoms with E-state index in [0.29, 0.717) is 53.8 Å². The first-order valence-corrected chi connectivity index (χ1v) is 11.7. The molecule has 3 heterocycles. The van der Waals surface area contributed by atoms with E-state index in [1.54, 1.807) is 41.6 Å². The van der Waals surface area contributed by atoms with E-state index in [1.807, 2.05) is 43.3 Å². The van der Waals surface area contributed by atoms with E-state index in [2.05, 4.69) is 21.8 Å². The lowest BCUT2D eigenvalue weighted by Crippen LogP contribution is -2.29. The van der Waals surface area contributed by atoms with Crippen LogP contribution >= 0.6 is 0 Å². The molecular formula is C28H26N4O4. The molecule has 8 heteroatoms. The second-order valence-corrected chi connectivity index (χ2v) is 8.31. The summed E-state index contributed by atoms with van der Waals surface area (Å²) in [6.45, 7) is 6.79. The van der Waals surface area contributed by atoms with Crippen molar-refractivity contribution in [3.8, 4) is 28.5 Å². The second kappa shape index (κ2) is 9.95. The molecule has 8 nitrogen and oxygen atoms in total. The number of hydrogen-bond donors (Lipinski definition) is 2. The quantitative estimate of drug-likeness (QED) is 0.330. The fraction of sp³-hybridized carbons (Fsp3) is 0.179. The minimum Gasteiger partial charge on any atom is -0.507 e. The van der Waals surface area contributed by atoms with Gasteiger partial charge in [-0.3, -0.25) is 14.9 Å². The van der Waals surface area contributed by atoms with Gasteiger partial charge in [-0.1, -0.05) is 30.9 Å². The maximum absolute atomic E-state index is 13.6. The van der Waals surface area contributed by atoms with E-state index in [9.17, 15) is 9.90 Å². The van der Waals surface area contributed by atoms with Gasteiger partial charge in [0, 0.05) is 30.1 Å². The van der Waals surface area contributed by atoms with Crippen molar-refractivity contribution in [1.82, 2.24) is 20.1 Å². The van der Waals surface area contributed by atoms with Gasteiger partial charge in [0.2, 0.25) is 0 Å². The number of rotatable bonds is 9. The number of nitrogens with zero attached hydrogens (tertiary/aromatic N) is 3. The number of para-hydroxylation sites is 1. The maximum Gasteiger partial charge on any atom is 0.273 e. The minimum absolute atomic E-state index is 0.0914. The zero-order valence-corrected chi connectivity index (χ0v) is 19.8. The number of amides is 1. The number of carbonyl (C=O) groups is 1. The van der Waals surface area contributed by atoms with Gasteiger partial charge in [0.15, 0.2) is 11.5 Å². The van der Waals surface area contributed by atoms with Crippen LogP contribution in [0.1, 0.15) is 40.1 Å². The molecule has 1 amide bonds. The molecule has 4 aromatic rings. The second-order valence-electron chi connectivity index (χ2n) is 8.31. The van der Waals surface area contributed by atoms with Crippen molar-refractivity contribution in [3.63, 3.8) is 0 Å². The summed E-state index contributed by atoms with van der Waals surface area (Å²) in [6, 6.07) is 15.9. The molecule has 0 fully saturated rings. The molecule has 0 bridgehead atoms. The van der Waals surface area contributed by atoms with Crippen molar-refractivity contribution in [2.24, 2.45) is 0 Å². The normalized spacial score (nSPS) is 14.5. The van der Waals surface area contributed by atoms with Gasteiger partial charge in [0.05, 0.1) is 12.6 Å². The highest BCUT2D eigenvalue weighted by Crippen LogP contribution is 2.46. The van der Waals surface area contributed by atoms with Crippen LogP contribution in [0.3, 0.4) is 0 Å². The van der Waals surface area contributed by atoms with E-state index >= 15 is 0 Å². The van der Waals surface area contributed by atoms with E-state index in [-0.39, 0.29) is 11.7 Å². The van der Waals surface area contributed by atoms with Gasteiger partial charge in [-0.2, -0.15) is 5.10 Å². The largest absolute Gasteiger partial charge is 0.507 e. The molecule has 0 aliphatic carbocycles. The number of benzene rings is 2. The molecular weight excluding hydrogens is 456 g/mol. The van der Waals surface area contributed by atoms with Crippen LogP contribution in [0.15, 0.2) is 79.6 Å². The summed E-state index contributed by atoms with van der Waals surface area (Å²) >= 11 is 0. The zero-order chi connectivity index (χ0) is 25.1. The van der Waals surface area contributed by atoms with E-state index in [4.69, 9.17) is 9.47 Å². The zero-order valence-electron chi connectivity index (χ0n) is 19.8. The standard InChI is InChI=1S/C28H26N4O4/c1-3-15-36-22-10-9-19(16-23(22)35-4-2)27-24-25(20-7-5-6-8-21(20)33)30-31-26(24)28(34)32(27)17-18-11-13-29-14-12-18/h3,5-14,16,27,33H,1,4,15,17H2,2H3,(H,30,31). The Hall–Kier alpha value is -4.59. The van der Waals surface area contributed by atoms with Gasteiger partial charge >= 0.3 is 0 Å². The Labute approximate surface area is 208 Å². The highest BCUT2D eigenvalue weighted by atomic mass is 16.5. The molecule has 182 valence electrons. The molecule has 2 aromatic carbocycles. The Kier molecular flexibility index (Phi) is 6.40. The summed E-state index contributed by atoms with van der Waals surface area (Å²) in [7, 11) is 0. The van der Waals surface area contributed by atoms with Gasteiger partial charge in [-0.25, -0.2) is 0 Å². The number of nitrogens with one attached hydrogen (secondary N) is 1. The predicted octanol–water partition coefficient (Wildman–Crippen LogP) is 4.89. The summed E-state index contributed by atoms with van der Waals surface area (Å²) in [4.78, 5) is 19.5. The Morgan fingerprint density at radius 1 is 1.11 bits per heavy atom. The number of phenolic OH excluding ortho intramolecular Hbond substituents is 1. The fourth-order valence-corrected chi connectivity index (χ4v) is 4.50. The van der Waals surface area contributed by atoms with Crippen molar-refractivity contribution >= 4 is 5.91 Å². The first kappa shape index (κ1) is 23.2. The topological polar surface area (TPSA) is 101 Å². The third-order valence-corrected chi connectivity index (χ3v) is 6.07. The molecule has 0 saturated carbocycles. The lowest BCUT2D eigenvalue weighted by atomic mass is 9.95. The van der Waals surface area contributed by atoms with Gasteiger partial charge in [-0.05, 0) is 54.4 Å². The molecule has 1 aliphatic heterocycles. The first-order valence-electron chi connectivity index (χ1n) is 11.7. The molecule has 36 heavy (non-hydrogen) atoms. The van der Waals surface area contributed by atoms with Gasteiger partial charge < -0.3 is 19.5 Å². The number of aromatic hydroxyl groups is 1. The summed E-state index contributed by atoms with van der Waals surface area (Å²) in [5.74, 6) is 1.09. The van der Waals surface area contributed by atoms with Crippen LogP contribution in [0.4, 0.5) is 0 Å². The van der Waals surface area contributed by atoms with Crippen molar-refractivity contribution in [2.75, 3.05) is 13.2 Å². The average Bonchev–Trinajstić information content (AvgIpc) is 3.43. The van der Waals surface area contributed by atoms with Crippen LogP contribution in [-0.2, 0) is 6.54 Å². The summed E-state index contributed by atoms with van der Waals surface area (Å²) in [6.07, 6.45) is 5.09. The van der Waals surface area contributed by atoms with Gasteiger partial charge in [0.25, 0.3) is 5.91 Å². The van der Waals surface area contributed by atoms with Crippen molar-refractivity contribution in [3.05, 3.63) is 102 Å². The third kappa shape index (κ3) is 4.17. The van der Waals surface area contributed by atoms with Crippen LogP contribution in [0.25, 0.3) is 11.3 Å². The Morgan fingerprint density at radius 3 is 2.67 bits per heavy atom. The molecule has 2 aromatic heterocycles. The van der Waals surface area contributed by atoms with E-state index < -0.39 is 6.04 Å². The van der Waals surface area contributed by atoms with E-state index in [0.717, 1.165) is 11.1 Å². The molecule has 0 saturated heterocycles. The minimum atomic E-state index is -0.471. The molecule has 1 unspecified atom stereocenters. The molecule has 5 rings (SSSR count). The number of carbonyl (C=O) groups excluding carboxylic acids is 1. The van der Waals surface area contributed by atoms with Crippen LogP contribution in [0.2, 0.25) is 0 Å². The van der Waals surface area contributed by atoms with E-state index in [1.165, 1.54) is 0 Å². The summed E-state index contributed by atoms with van der Waals surface area (Å²) in [5.41, 5.74) is 3.97. The highest BCUT2D eigenvalue weighted by molar-refractivity contribution is 6.00. The molecule has 1 atom stereocenters. The number of aromatic nitrogens is 3. The number of fused-ring (bicyclic) bond motifs is 1. The highest BCUT2D eigenvalue weighted by Gasteiger charge is 2.42. The Morgan fingerprint density at radius 2 is 1.92 bits per heavy atom. The molecule has 0 radical (unpaired) electrons. The number of aromatic amines is 1. The molecule has 2 N–H and O–H groups in total. The lowest BCUT2D eigenvalue weighted by Gasteiger charge is -2.27. The summed E-state index contributed by atoms with van der Waals surface area (Å²) < 4.78 is 11.7. The predicted molar refractivity (Wildman–Crippen MR) is 135 cm³/mol. The van der Waals surface area contributed by atoms with Gasteiger partial charge in [0.1, 0.15) is 23.7 Å². The summed E-state index contributed by atoms with van der Waals surface area (Å²) in [5, 5.41) is 17.9. The first-order chi connectivity index (χ1) is 17.6. The van der Waals surface area contributed by atoms with Crippen molar-refractivity contribution in [1.29, 1.82) is 0 Å². The SMILES string of the molecule is C=CCOc1ccc(C2c3c(-c4ccccc4O)n[nH]c3C(=O)N2Cc2ccncc2)cc1OCC. The molecule has 1 aliphatic rings. The number of pyridine rings is 1. The van der Waals surface area contributed by atoms with Crippen LogP contribution in [0.5, 0.6) is 17.2 Å². The van der Waals surface area contributed by atoms with Crippen LogP contribution in [-0.4, -0.2) is 44.3 Å². The molecule has 0 spiro atoms. The Bertz CT molecular complexity index is 1400. The van der Waals surface area contributed by atoms with Crippen molar-refractivity contribution < 1.29 is 19.4 Å². The monoisotopic (exact) mass is 482 g/mol. The third-order valence-electron chi connectivity index (χ3n) is 6.07. The maximum atomic E-state index is 13.6. The lowest BCUT2D eigenvalue weighted by molar-refractivity contribution is 0.0729. The fourth-order valence-electron chi connectivity index (χ4n) is 4.50. The number of H-pyrrole nitrogens is 1. The number of phenols is 1. The van der Waals surface area contributed by atoms with Gasteiger partial charge in [-0.15, -0.1) is 0 Å². The number of ether oxygens (including phenoxy) is 2. The average molecular weight is 483 g/mol. The number of hydrogen-bond acceptors (Lipinski definition) is 6. The van der Waals surface area contributed by atoms with Crippen LogP contribution < -0.4 is 9.47 Å². The smallest absolute Gasteiger partial charge is 0.273 e. The van der Waals surface area contributed by atoms with Crippen molar-refractivity contribution in [2.45, 2.75) is 19.5 Å². The Balaban J connectivity index is 1.65. The van der Waals surface area contributed by atoms with Crippen LogP contribution in [0, 0.1) is 0 Å².